The van der Waals surface area contributed by atoms with Gasteiger partial charge in [-0.3, -0.25) is 0 Å². The fourth-order valence-corrected chi connectivity index (χ4v) is 6.86. The van der Waals surface area contributed by atoms with Crippen molar-refractivity contribution in [2.45, 2.75) is 74.7 Å². The fourth-order valence-electron chi connectivity index (χ4n) is 3.15. The third-order valence-electron chi connectivity index (χ3n) is 5.11. The predicted molar refractivity (Wildman–Crippen MR) is 131 cm³/mol. The van der Waals surface area contributed by atoms with Crippen LogP contribution in [0.3, 0.4) is 0 Å². The van der Waals surface area contributed by atoms with Crippen molar-refractivity contribution in [2.75, 3.05) is 0 Å². The van der Waals surface area contributed by atoms with Gasteiger partial charge in [0, 0.05) is 0 Å². The van der Waals surface area contributed by atoms with Crippen LogP contribution in [0.1, 0.15) is 68.3 Å². The molecule has 2 rings (SSSR count). The molecule has 31 heavy (non-hydrogen) atoms. The minimum absolute atomic E-state index is 0.177. The van der Waals surface area contributed by atoms with E-state index in [-0.39, 0.29) is 34.3 Å². The molecule has 2 heterocycles. The standard InChI is InChI=1S/C10H16N.C7H10N.2C5H7.2Ru/c1-4-8-7-11-10(6-3)9(8)5-2;1-5-4-8-7(3)6(5)2;2*1-3-5-4-2;;/h11H,4-6H2,1-3H3;8H,1-3H3;2*1,3-5H,2H3;;. The zero-order chi connectivity index (χ0) is 23.2. The van der Waals surface area contributed by atoms with Crippen LogP contribution >= 0.6 is 0 Å². The van der Waals surface area contributed by atoms with Gasteiger partial charge in [0.25, 0.3) is 0 Å². The maximum atomic E-state index is 3.64. The monoisotopic (exact) mass is 596 g/mol. The van der Waals surface area contributed by atoms with Crippen molar-refractivity contribution in [2.24, 2.45) is 0 Å². The molecule has 0 unspecified atom stereocenters. The summed E-state index contributed by atoms with van der Waals surface area (Å²) in [4.78, 5) is 7.10. The Kier molecular flexibility index (Phi) is 13.9. The molecule has 0 spiro atoms. The van der Waals surface area contributed by atoms with E-state index in [0.29, 0.717) is 0 Å². The van der Waals surface area contributed by atoms with Crippen molar-refractivity contribution in [1.82, 2.24) is 9.97 Å². The number of aryl methyl sites for hydroxylation is 2. The van der Waals surface area contributed by atoms with Crippen LogP contribution in [0.5, 0.6) is 0 Å². The van der Waals surface area contributed by atoms with E-state index >= 15 is 0 Å². The van der Waals surface area contributed by atoms with E-state index in [2.05, 4.69) is 104 Å². The molecule has 2 N–H and O–H groups in total. The number of nitrogens with one attached hydrogen (secondary N) is 2. The first-order chi connectivity index (χ1) is 14.9. The molecule has 0 aliphatic rings. The first-order valence-corrected chi connectivity index (χ1v) is 14.8. The molecule has 2 aromatic rings. The normalized spacial score (nSPS) is 12.3. The van der Waals surface area contributed by atoms with E-state index in [1.165, 1.54) is 31.1 Å². The van der Waals surface area contributed by atoms with E-state index in [0.717, 1.165) is 19.3 Å². The minimum atomic E-state index is 0.177. The number of allylic oxidation sites excluding steroid dienone is 6. The van der Waals surface area contributed by atoms with E-state index in [9.17, 15) is 0 Å². The summed E-state index contributed by atoms with van der Waals surface area (Å²) in [6.07, 6.45) is 16.0. The van der Waals surface area contributed by atoms with Gasteiger partial charge in [-0.2, -0.15) is 0 Å². The van der Waals surface area contributed by atoms with Crippen molar-refractivity contribution in [3.05, 3.63) is 79.4 Å². The van der Waals surface area contributed by atoms with Gasteiger partial charge in [-0.15, -0.1) is 0 Å². The van der Waals surface area contributed by atoms with Gasteiger partial charge in [-0.1, -0.05) is 0 Å². The molecule has 0 radical (unpaired) electrons. The number of hydrogen-bond donors (Lipinski definition) is 2. The van der Waals surface area contributed by atoms with E-state index < -0.39 is 0 Å². The SMILES string of the molecule is CC=CC=[CH][Ru][c]1[nH]c(C)c(C)c1C.CC=CC=[CH][Ru][c]1[nH]c(CC)c(CC)c1CC. The van der Waals surface area contributed by atoms with Crippen LogP contribution < -0.4 is 8.58 Å². The zero-order valence-corrected chi connectivity index (χ0v) is 23.9. The number of H-pyrrole nitrogens is 2. The van der Waals surface area contributed by atoms with Crippen molar-refractivity contribution < 1.29 is 34.3 Å². The molecule has 0 atom stereocenters. The van der Waals surface area contributed by atoms with Gasteiger partial charge in [0.1, 0.15) is 0 Å². The van der Waals surface area contributed by atoms with Crippen LogP contribution in [0, 0.1) is 20.8 Å². The number of aromatic nitrogens is 2. The number of aromatic amines is 2. The summed E-state index contributed by atoms with van der Waals surface area (Å²) in [5.41, 5.74) is 8.75. The first-order valence-electron chi connectivity index (χ1n) is 11.1. The number of rotatable bonds is 9. The van der Waals surface area contributed by atoms with Crippen molar-refractivity contribution in [3.63, 3.8) is 0 Å². The third kappa shape index (κ3) is 8.67. The molecule has 0 aliphatic carbocycles. The second-order valence-electron chi connectivity index (χ2n) is 7.10. The molecule has 0 fully saturated rings. The summed E-state index contributed by atoms with van der Waals surface area (Å²) in [5, 5.41) is 0. The third-order valence-corrected chi connectivity index (χ3v) is 8.97. The van der Waals surface area contributed by atoms with Crippen molar-refractivity contribution in [3.8, 4) is 0 Å². The Bertz CT molecular complexity index is 908. The molecule has 2 nitrogen and oxygen atoms in total. The van der Waals surface area contributed by atoms with Crippen LogP contribution in [0.25, 0.3) is 0 Å². The van der Waals surface area contributed by atoms with Gasteiger partial charge in [0.15, 0.2) is 0 Å². The molecule has 0 aliphatic heterocycles. The van der Waals surface area contributed by atoms with Gasteiger partial charge in [-0.05, 0) is 0 Å². The van der Waals surface area contributed by atoms with E-state index in [1.807, 2.05) is 6.92 Å². The van der Waals surface area contributed by atoms with E-state index in [4.69, 9.17) is 0 Å². The quantitative estimate of drug-likeness (QED) is 0.255. The average molecular weight is 595 g/mol. The Morgan fingerprint density at radius 3 is 1.61 bits per heavy atom. The number of hydrogen-bond acceptors (Lipinski definition) is 0. The molecule has 174 valence electrons. The first kappa shape index (κ1) is 27.8. The zero-order valence-electron chi connectivity index (χ0n) is 20.4. The predicted octanol–water partition coefficient (Wildman–Crippen LogP) is 6.24. The van der Waals surface area contributed by atoms with Crippen LogP contribution in [-0.4, -0.2) is 9.97 Å². The van der Waals surface area contributed by atoms with Gasteiger partial charge < -0.3 is 0 Å². The molecule has 0 amide bonds. The second kappa shape index (κ2) is 15.5. The van der Waals surface area contributed by atoms with Crippen LogP contribution in [-0.2, 0) is 53.5 Å². The van der Waals surface area contributed by atoms with Gasteiger partial charge in [0.2, 0.25) is 0 Å². The summed E-state index contributed by atoms with van der Waals surface area (Å²) in [5.74, 6) is 0. The molecule has 0 bridgehead atoms. The Balaban J connectivity index is 0.000000316. The van der Waals surface area contributed by atoms with E-state index in [1.54, 1.807) is 11.1 Å². The second-order valence-corrected chi connectivity index (χ2v) is 11.0. The Labute approximate surface area is 206 Å². The van der Waals surface area contributed by atoms with Crippen LogP contribution in [0.2, 0.25) is 0 Å². The molecule has 0 saturated heterocycles. The van der Waals surface area contributed by atoms with Gasteiger partial charge in [0.05, 0.1) is 0 Å². The Hall–Kier alpha value is -1.23. The topological polar surface area (TPSA) is 31.6 Å². The average Bonchev–Trinajstić information content (AvgIpc) is 3.25. The molecule has 0 aromatic carbocycles. The van der Waals surface area contributed by atoms with Crippen LogP contribution in [0.15, 0.2) is 45.8 Å². The van der Waals surface area contributed by atoms with Gasteiger partial charge in [-0.25, -0.2) is 0 Å². The van der Waals surface area contributed by atoms with Crippen molar-refractivity contribution >= 4 is 8.58 Å². The van der Waals surface area contributed by atoms with Crippen molar-refractivity contribution in [1.29, 1.82) is 0 Å². The summed E-state index contributed by atoms with van der Waals surface area (Å²) < 4.78 is 7.50. The maximum absolute atomic E-state index is 3.64. The summed E-state index contributed by atoms with van der Waals surface area (Å²) in [6.45, 7) is 17.4. The molecule has 4 heteroatoms. The Morgan fingerprint density at radius 1 is 0.645 bits per heavy atom. The molecular weight excluding hydrogens is 554 g/mol. The van der Waals surface area contributed by atoms with Crippen LogP contribution in [0.4, 0.5) is 0 Å². The summed E-state index contributed by atoms with van der Waals surface area (Å²) >= 11 is 0.365. The summed E-state index contributed by atoms with van der Waals surface area (Å²) in [7, 11) is 0. The Morgan fingerprint density at radius 2 is 1.19 bits per heavy atom. The fraction of sp³-hybridized carbons (Fsp3) is 0.407. The van der Waals surface area contributed by atoms with Gasteiger partial charge >= 0.3 is 207 Å². The molecule has 0 saturated carbocycles. The summed E-state index contributed by atoms with van der Waals surface area (Å²) in [6, 6.07) is 0. The molecular formula is C27H40N2Ru2. The molecule has 2 aromatic heterocycles.